The van der Waals surface area contributed by atoms with Crippen molar-refractivity contribution in [2.45, 2.75) is 18.9 Å². The van der Waals surface area contributed by atoms with Crippen LogP contribution in [0.2, 0.25) is 0 Å². The second-order valence-electron chi connectivity index (χ2n) is 7.67. The molecule has 4 rings (SSSR count). The molecule has 0 saturated carbocycles. The lowest BCUT2D eigenvalue weighted by atomic mass is 9.95. The van der Waals surface area contributed by atoms with E-state index >= 15 is 0 Å². The second kappa shape index (κ2) is 10.6. The van der Waals surface area contributed by atoms with Gasteiger partial charge >= 0.3 is 0 Å². The lowest BCUT2D eigenvalue weighted by molar-refractivity contribution is 0.117. The predicted molar refractivity (Wildman–Crippen MR) is 128 cm³/mol. The molecule has 2 heterocycles. The molecule has 0 spiro atoms. The molecule has 1 aromatic heterocycles. The first-order valence-electron chi connectivity index (χ1n) is 10.8. The van der Waals surface area contributed by atoms with E-state index in [0.717, 1.165) is 46.6 Å². The van der Waals surface area contributed by atoms with E-state index in [9.17, 15) is 5.11 Å². The summed E-state index contributed by atoms with van der Waals surface area (Å²) in [6, 6.07) is 22.9. The summed E-state index contributed by atoms with van der Waals surface area (Å²) < 4.78 is 11.9. The number of phenolic OH excluding ortho intramolecular Hbond substituents is 1. The van der Waals surface area contributed by atoms with Crippen LogP contribution in [0.3, 0.4) is 0 Å². The number of para-hydroxylation sites is 2. The largest absolute Gasteiger partial charge is 0.507 e. The van der Waals surface area contributed by atoms with Crippen molar-refractivity contribution in [3.8, 4) is 11.5 Å². The lowest BCUT2D eigenvalue weighted by Crippen LogP contribution is -2.15. The Morgan fingerprint density at radius 3 is 2.62 bits per heavy atom. The molecule has 0 saturated heterocycles. The number of hydrogen-bond donors (Lipinski definition) is 1. The van der Waals surface area contributed by atoms with Gasteiger partial charge in [0.2, 0.25) is 0 Å². The summed E-state index contributed by atoms with van der Waals surface area (Å²) in [6.07, 6.45) is 7.37. The summed E-state index contributed by atoms with van der Waals surface area (Å²) in [4.78, 5) is 4.52. The lowest BCUT2D eigenvalue weighted by Gasteiger charge is -2.18. The number of aromatic hydroxyl groups is 1. The van der Waals surface area contributed by atoms with Crippen LogP contribution in [0.4, 0.5) is 0 Å². The van der Waals surface area contributed by atoms with E-state index in [2.05, 4.69) is 17.6 Å². The Balaban J connectivity index is 1.45. The smallest absolute Gasteiger partial charge is 0.122 e. The fourth-order valence-corrected chi connectivity index (χ4v) is 3.77. The predicted octanol–water partition coefficient (Wildman–Crippen LogP) is 6.07. The highest BCUT2D eigenvalue weighted by atomic mass is 16.5. The number of aromatic nitrogens is 1. The molecule has 4 nitrogen and oxygen atoms in total. The fourth-order valence-electron chi connectivity index (χ4n) is 3.77. The standard InChI is InChI=1S/C28H27NO3/c1-21(20-32-24-10-3-2-4-11-24)25-16-18-31-28(25)15-14-22(26-12-7-8-17-29-26)19-23-9-5-6-13-27(23)30/h2-13,16-17,19,28,30H,1,14-15,18,20H2/b22-19-. The van der Waals surface area contributed by atoms with Crippen LogP contribution in [0.15, 0.2) is 103 Å². The molecule has 1 aliphatic heterocycles. The molecule has 1 aliphatic rings. The zero-order chi connectivity index (χ0) is 22.2. The van der Waals surface area contributed by atoms with Crippen LogP contribution in [-0.4, -0.2) is 29.4 Å². The molecule has 2 aromatic carbocycles. The minimum Gasteiger partial charge on any atom is -0.507 e. The third-order valence-electron chi connectivity index (χ3n) is 5.45. The maximum atomic E-state index is 10.2. The van der Waals surface area contributed by atoms with Crippen LogP contribution in [0.5, 0.6) is 11.5 Å². The molecule has 0 amide bonds. The quantitative estimate of drug-likeness (QED) is 0.452. The first-order valence-corrected chi connectivity index (χ1v) is 10.8. The number of allylic oxidation sites excluding steroid dienone is 1. The summed E-state index contributed by atoms with van der Waals surface area (Å²) in [5.41, 5.74) is 4.75. The van der Waals surface area contributed by atoms with Crippen LogP contribution in [-0.2, 0) is 4.74 Å². The van der Waals surface area contributed by atoms with Gasteiger partial charge in [-0.15, -0.1) is 0 Å². The third kappa shape index (κ3) is 5.54. The van der Waals surface area contributed by atoms with Gasteiger partial charge in [0.15, 0.2) is 0 Å². The number of rotatable bonds is 9. The van der Waals surface area contributed by atoms with Gasteiger partial charge in [0.05, 0.1) is 18.4 Å². The molecular formula is C28H27NO3. The maximum absolute atomic E-state index is 10.2. The number of pyridine rings is 1. The Morgan fingerprint density at radius 2 is 1.84 bits per heavy atom. The molecule has 0 radical (unpaired) electrons. The minimum absolute atomic E-state index is 0.0432. The van der Waals surface area contributed by atoms with Crippen molar-refractivity contribution in [1.29, 1.82) is 0 Å². The molecule has 162 valence electrons. The summed E-state index contributed by atoms with van der Waals surface area (Å²) in [7, 11) is 0. The Hall–Kier alpha value is -3.63. The second-order valence-corrected chi connectivity index (χ2v) is 7.67. The van der Waals surface area contributed by atoms with Crippen molar-refractivity contribution in [2.75, 3.05) is 13.2 Å². The highest BCUT2D eigenvalue weighted by Gasteiger charge is 2.23. The number of phenols is 1. The van der Waals surface area contributed by atoms with Crippen LogP contribution < -0.4 is 4.74 Å². The third-order valence-corrected chi connectivity index (χ3v) is 5.45. The molecule has 3 aromatic rings. The zero-order valence-corrected chi connectivity index (χ0v) is 18.0. The molecular weight excluding hydrogens is 398 g/mol. The number of ether oxygens (including phenoxy) is 2. The maximum Gasteiger partial charge on any atom is 0.122 e. The van der Waals surface area contributed by atoms with E-state index in [-0.39, 0.29) is 11.9 Å². The van der Waals surface area contributed by atoms with E-state index < -0.39 is 0 Å². The van der Waals surface area contributed by atoms with Crippen molar-refractivity contribution in [3.63, 3.8) is 0 Å². The van der Waals surface area contributed by atoms with Crippen molar-refractivity contribution < 1.29 is 14.6 Å². The highest BCUT2D eigenvalue weighted by molar-refractivity contribution is 5.81. The molecule has 1 unspecified atom stereocenters. The summed E-state index contributed by atoms with van der Waals surface area (Å²) >= 11 is 0. The highest BCUT2D eigenvalue weighted by Crippen LogP contribution is 2.31. The fraction of sp³-hybridized carbons (Fsp3) is 0.179. The summed E-state index contributed by atoms with van der Waals surface area (Å²) in [6.45, 7) is 5.24. The van der Waals surface area contributed by atoms with Gasteiger partial charge in [-0.1, -0.05) is 55.1 Å². The summed E-state index contributed by atoms with van der Waals surface area (Å²) in [5.74, 6) is 1.08. The van der Waals surface area contributed by atoms with E-state index in [4.69, 9.17) is 9.47 Å². The van der Waals surface area contributed by atoms with E-state index in [0.29, 0.717) is 13.2 Å². The topological polar surface area (TPSA) is 51.6 Å². The van der Waals surface area contributed by atoms with Crippen molar-refractivity contribution in [1.82, 2.24) is 4.98 Å². The summed E-state index contributed by atoms with van der Waals surface area (Å²) in [5, 5.41) is 10.2. The Kier molecular flexibility index (Phi) is 7.15. The Morgan fingerprint density at radius 1 is 1.06 bits per heavy atom. The van der Waals surface area contributed by atoms with Crippen LogP contribution in [0, 0.1) is 0 Å². The van der Waals surface area contributed by atoms with E-state index in [1.54, 1.807) is 12.3 Å². The molecule has 0 bridgehead atoms. The first-order chi connectivity index (χ1) is 15.7. The Bertz CT molecular complexity index is 1100. The van der Waals surface area contributed by atoms with Crippen molar-refractivity contribution in [2.24, 2.45) is 0 Å². The Labute approximate surface area is 189 Å². The van der Waals surface area contributed by atoms with E-state index in [1.807, 2.05) is 72.8 Å². The van der Waals surface area contributed by atoms with Gasteiger partial charge in [-0.25, -0.2) is 0 Å². The van der Waals surface area contributed by atoms with Gasteiger partial charge in [-0.3, -0.25) is 4.98 Å². The van der Waals surface area contributed by atoms with Crippen LogP contribution >= 0.6 is 0 Å². The average molecular weight is 426 g/mol. The van der Waals surface area contributed by atoms with Gasteiger partial charge in [0.1, 0.15) is 18.1 Å². The number of nitrogens with zero attached hydrogens (tertiary/aromatic N) is 1. The van der Waals surface area contributed by atoms with Gasteiger partial charge in [0, 0.05) is 11.8 Å². The van der Waals surface area contributed by atoms with Crippen LogP contribution in [0.25, 0.3) is 11.6 Å². The zero-order valence-electron chi connectivity index (χ0n) is 18.0. The average Bonchev–Trinajstić information content (AvgIpc) is 3.31. The monoisotopic (exact) mass is 425 g/mol. The minimum atomic E-state index is -0.0432. The molecule has 1 atom stereocenters. The number of benzene rings is 2. The first kappa shape index (κ1) is 21.6. The van der Waals surface area contributed by atoms with Gasteiger partial charge in [0.25, 0.3) is 0 Å². The SMILES string of the molecule is C=C(COc1ccccc1)C1=CCOC1CC/C(=C/c1ccccc1O)c1ccccn1. The van der Waals surface area contributed by atoms with E-state index in [1.165, 1.54) is 0 Å². The van der Waals surface area contributed by atoms with Crippen molar-refractivity contribution >= 4 is 11.6 Å². The van der Waals surface area contributed by atoms with Gasteiger partial charge < -0.3 is 14.6 Å². The van der Waals surface area contributed by atoms with Gasteiger partial charge in [-0.2, -0.15) is 0 Å². The molecule has 0 aliphatic carbocycles. The molecule has 4 heteroatoms. The number of hydrogen-bond acceptors (Lipinski definition) is 4. The van der Waals surface area contributed by atoms with Gasteiger partial charge in [-0.05, 0) is 66.0 Å². The van der Waals surface area contributed by atoms with Crippen LogP contribution in [0.1, 0.15) is 24.1 Å². The molecule has 32 heavy (non-hydrogen) atoms. The van der Waals surface area contributed by atoms with Crippen molar-refractivity contribution in [3.05, 3.63) is 114 Å². The molecule has 1 N–H and O–H groups in total. The normalized spacial score (nSPS) is 15.9. The molecule has 0 fully saturated rings.